The number of hydrogen-bond donors (Lipinski definition) is 0. The molecular weight excluding hydrogens is 236 g/mol. The summed E-state index contributed by atoms with van der Waals surface area (Å²) in [6.45, 7) is 6.58. The Morgan fingerprint density at radius 3 is 2.68 bits per heavy atom. The highest BCUT2D eigenvalue weighted by molar-refractivity contribution is 5.97. The molecule has 0 heterocycles. The van der Waals surface area contributed by atoms with Gasteiger partial charge >= 0.3 is 0 Å². The topological polar surface area (TPSA) is 26.3 Å². The summed E-state index contributed by atoms with van der Waals surface area (Å²) < 4.78 is 5.64. The molecule has 0 bridgehead atoms. The fourth-order valence-corrected chi connectivity index (χ4v) is 2.78. The Kier molecular flexibility index (Phi) is 4.76. The molecule has 1 aliphatic rings. The van der Waals surface area contributed by atoms with Crippen LogP contribution in [-0.4, -0.2) is 18.5 Å². The standard InChI is InChI=1S/C17H24O2/c1-12(2)9-13(3)19-11-17(18)16-8-7-14-5-4-6-15(14)10-16/h7-8,10,12-13H,4-6,9,11H2,1-3H3. The molecule has 0 N–H and O–H groups in total. The van der Waals surface area contributed by atoms with Crippen LogP contribution in [0.4, 0.5) is 0 Å². The average Bonchev–Trinajstić information content (AvgIpc) is 2.82. The molecule has 104 valence electrons. The summed E-state index contributed by atoms with van der Waals surface area (Å²) in [5, 5.41) is 0. The van der Waals surface area contributed by atoms with Gasteiger partial charge in [-0.05, 0) is 55.7 Å². The lowest BCUT2D eigenvalue weighted by Crippen LogP contribution is -2.17. The van der Waals surface area contributed by atoms with E-state index in [1.807, 2.05) is 13.0 Å². The average molecular weight is 260 g/mol. The second-order valence-corrected chi connectivity index (χ2v) is 6.01. The number of Topliss-reactive ketones (excluding diaryl/α,β-unsaturated/α-hetero) is 1. The zero-order valence-electron chi connectivity index (χ0n) is 12.2. The maximum atomic E-state index is 12.1. The van der Waals surface area contributed by atoms with Crippen molar-refractivity contribution < 1.29 is 9.53 Å². The van der Waals surface area contributed by atoms with Gasteiger partial charge in [0.25, 0.3) is 0 Å². The number of ether oxygens (including phenoxy) is 1. The molecule has 0 aliphatic heterocycles. The molecule has 1 aliphatic carbocycles. The van der Waals surface area contributed by atoms with Crippen LogP contribution in [0.5, 0.6) is 0 Å². The minimum absolute atomic E-state index is 0.102. The van der Waals surface area contributed by atoms with E-state index in [0.717, 1.165) is 24.8 Å². The maximum Gasteiger partial charge on any atom is 0.188 e. The van der Waals surface area contributed by atoms with E-state index in [4.69, 9.17) is 4.74 Å². The van der Waals surface area contributed by atoms with Crippen LogP contribution >= 0.6 is 0 Å². The van der Waals surface area contributed by atoms with Gasteiger partial charge in [-0.3, -0.25) is 4.79 Å². The molecule has 2 nitrogen and oxygen atoms in total. The summed E-state index contributed by atoms with van der Waals surface area (Å²) in [4.78, 5) is 12.1. The summed E-state index contributed by atoms with van der Waals surface area (Å²) in [6.07, 6.45) is 4.64. The van der Waals surface area contributed by atoms with E-state index in [9.17, 15) is 4.79 Å². The van der Waals surface area contributed by atoms with Crippen molar-refractivity contribution in [2.75, 3.05) is 6.61 Å². The van der Waals surface area contributed by atoms with Crippen LogP contribution in [0, 0.1) is 5.92 Å². The van der Waals surface area contributed by atoms with Crippen LogP contribution in [0.25, 0.3) is 0 Å². The summed E-state index contributed by atoms with van der Waals surface area (Å²) >= 11 is 0. The van der Waals surface area contributed by atoms with Gasteiger partial charge in [-0.15, -0.1) is 0 Å². The first-order chi connectivity index (χ1) is 9.06. The van der Waals surface area contributed by atoms with Gasteiger partial charge < -0.3 is 4.74 Å². The summed E-state index contributed by atoms with van der Waals surface area (Å²) in [5.74, 6) is 0.704. The number of hydrogen-bond acceptors (Lipinski definition) is 2. The van der Waals surface area contributed by atoms with Crippen LogP contribution in [0.2, 0.25) is 0 Å². The van der Waals surface area contributed by atoms with Crippen LogP contribution in [0.1, 0.15) is 55.1 Å². The van der Waals surface area contributed by atoms with Crippen LogP contribution < -0.4 is 0 Å². The van der Waals surface area contributed by atoms with Gasteiger partial charge in [-0.2, -0.15) is 0 Å². The quantitative estimate of drug-likeness (QED) is 0.727. The molecule has 2 heteroatoms. The monoisotopic (exact) mass is 260 g/mol. The van der Waals surface area contributed by atoms with Crippen molar-refractivity contribution in [3.8, 4) is 0 Å². The molecule has 1 atom stereocenters. The second-order valence-electron chi connectivity index (χ2n) is 6.01. The Labute approximate surface area is 116 Å². The zero-order valence-corrected chi connectivity index (χ0v) is 12.2. The summed E-state index contributed by atoms with van der Waals surface area (Å²) in [7, 11) is 0. The number of carbonyl (C=O) groups is 1. The predicted molar refractivity (Wildman–Crippen MR) is 77.7 cm³/mol. The van der Waals surface area contributed by atoms with Crippen molar-refractivity contribution >= 4 is 5.78 Å². The summed E-state index contributed by atoms with van der Waals surface area (Å²) in [6, 6.07) is 6.11. The molecule has 0 saturated carbocycles. The lowest BCUT2D eigenvalue weighted by Gasteiger charge is -2.14. The third-order valence-corrected chi connectivity index (χ3v) is 3.72. The van der Waals surface area contributed by atoms with Crippen molar-refractivity contribution in [3.63, 3.8) is 0 Å². The van der Waals surface area contributed by atoms with Crippen LogP contribution in [0.3, 0.4) is 0 Å². The first kappa shape index (κ1) is 14.3. The Balaban J connectivity index is 1.90. The highest BCUT2D eigenvalue weighted by atomic mass is 16.5. The molecule has 0 fully saturated rings. The second kappa shape index (κ2) is 6.33. The molecule has 0 radical (unpaired) electrons. The van der Waals surface area contributed by atoms with Gasteiger partial charge in [0.15, 0.2) is 5.78 Å². The maximum absolute atomic E-state index is 12.1. The van der Waals surface area contributed by atoms with Gasteiger partial charge in [-0.1, -0.05) is 26.0 Å². The zero-order chi connectivity index (χ0) is 13.8. The molecule has 2 rings (SSSR count). The number of aryl methyl sites for hydroxylation is 2. The molecular formula is C17H24O2. The van der Waals surface area contributed by atoms with Crippen molar-refractivity contribution in [1.29, 1.82) is 0 Å². The van der Waals surface area contributed by atoms with Crippen LogP contribution in [-0.2, 0) is 17.6 Å². The first-order valence-electron chi connectivity index (χ1n) is 7.33. The largest absolute Gasteiger partial charge is 0.370 e. The van der Waals surface area contributed by atoms with Gasteiger partial charge in [0.05, 0.1) is 6.10 Å². The molecule has 0 saturated heterocycles. The minimum Gasteiger partial charge on any atom is -0.370 e. The van der Waals surface area contributed by atoms with Crippen molar-refractivity contribution in [2.24, 2.45) is 5.92 Å². The van der Waals surface area contributed by atoms with E-state index < -0.39 is 0 Å². The van der Waals surface area contributed by atoms with Crippen molar-refractivity contribution in [3.05, 3.63) is 34.9 Å². The van der Waals surface area contributed by atoms with Gasteiger partial charge in [0, 0.05) is 5.56 Å². The smallest absolute Gasteiger partial charge is 0.188 e. The SMILES string of the molecule is CC(C)CC(C)OCC(=O)c1ccc2c(c1)CCC2. The molecule has 19 heavy (non-hydrogen) atoms. The van der Waals surface area contributed by atoms with Crippen molar-refractivity contribution in [1.82, 2.24) is 0 Å². The number of benzene rings is 1. The molecule has 0 spiro atoms. The van der Waals surface area contributed by atoms with Gasteiger partial charge in [0.2, 0.25) is 0 Å². The number of carbonyl (C=O) groups excluding carboxylic acids is 1. The normalized spacial score (nSPS) is 15.6. The fraction of sp³-hybridized carbons (Fsp3) is 0.588. The Bertz CT molecular complexity index is 449. The van der Waals surface area contributed by atoms with E-state index in [1.165, 1.54) is 17.5 Å². The van der Waals surface area contributed by atoms with Gasteiger partial charge in [-0.25, -0.2) is 0 Å². The fourth-order valence-electron chi connectivity index (χ4n) is 2.78. The third-order valence-electron chi connectivity index (χ3n) is 3.72. The Morgan fingerprint density at radius 1 is 1.21 bits per heavy atom. The molecule has 1 unspecified atom stereocenters. The van der Waals surface area contributed by atoms with Gasteiger partial charge in [0.1, 0.15) is 6.61 Å². The van der Waals surface area contributed by atoms with Crippen LogP contribution in [0.15, 0.2) is 18.2 Å². The number of fused-ring (bicyclic) bond motifs is 1. The Hall–Kier alpha value is -1.15. The van der Waals surface area contributed by atoms with E-state index in [2.05, 4.69) is 26.0 Å². The van der Waals surface area contributed by atoms with E-state index >= 15 is 0 Å². The third kappa shape index (κ3) is 3.90. The molecule has 0 aromatic heterocycles. The van der Waals surface area contributed by atoms with E-state index in [0.29, 0.717) is 5.92 Å². The van der Waals surface area contributed by atoms with E-state index in [1.54, 1.807) is 0 Å². The van der Waals surface area contributed by atoms with E-state index in [-0.39, 0.29) is 18.5 Å². The number of rotatable bonds is 6. The highest BCUT2D eigenvalue weighted by Gasteiger charge is 2.15. The molecule has 1 aromatic carbocycles. The van der Waals surface area contributed by atoms with Crippen molar-refractivity contribution in [2.45, 2.75) is 52.6 Å². The lowest BCUT2D eigenvalue weighted by atomic mass is 10.0. The molecule has 0 amide bonds. The summed E-state index contributed by atoms with van der Waals surface area (Å²) in [5.41, 5.74) is 3.56. The Morgan fingerprint density at radius 2 is 1.95 bits per heavy atom. The highest BCUT2D eigenvalue weighted by Crippen LogP contribution is 2.23. The number of ketones is 1. The molecule has 1 aromatic rings. The minimum atomic E-state index is 0.102. The lowest BCUT2D eigenvalue weighted by molar-refractivity contribution is 0.0445. The first-order valence-corrected chi connectivity index (χ1v) is 7.33. The predicted octanol–water partition coefficient (Wildman–Crippen LogP) is 3.81.